The number of fused-ring (bicyclic) bond motifs is 2. The lowest BCUT2D eigenvalue weighted by molar-refractivity contribution is -0.0276. The van der Waals surface area contributed by atoms with E-state index in [0.717, 1.165) is 42.8 Å². The molecule has 0 radical (unpaired) electrons. The van der Waals surface area contributed by atoms with Crippen LogP contribution in [0.15, 0.2) is 34.1 Å². The van der Waals surface area contributed by atoms with Crippen molar-refractivity contribution in [2.45, 2.75) is 39.3 Å². The third-order valence-corrected chi connectivity index (χ3v) is 8.59. The van der Waals surface area contributed by atoms with Gasteiger partial charge in [-0.1, -0.05) is 19.9 Å². The van der Waals surface area contributed by atoms with Gasteiger partial charge in [-0.3, -0.25) is 19.0 Å². The molecule has 3 unspecified atom stereocenters. The Morgan fingerprint density at radius 3 is 2.81 bits per heavy atom. The molecule has 7 nitrogen and oxygen atoms in total. The zero-order valence-electron chi connectivity index (χ0n) is 19.1. The van der Waals surface area contributed by atoms with Gasteiger partial charge in [-0.05, 0) is 35.7 Å². The van der Waals surface area contributed by atoms with E-state index in [0.29, 0.717) is 37.6 Å². The molecule has 3 aliphatic carbocycles. The summed E-state index contributed by atoms with van der Waals surface area (Å²) in [5, 5.41) is 12.4. The number of hydrogen-bond acceptors (Lipinski definition) is 7. The second-order valence-corrected chi connectivity index (χ2v) is 11.1. The van der Waals surface area contributed by atoms with E-state index in [1.165, 1.54) is 29.8 Å². The third kappa shape index (κ3) is 4.43. The van der Waals surface area contributed by atoms with Crippen LogP contribution in [-0.2, 0) is 11.3 Å². The van der Waals surface area contributed by atoms with E-state index < -0.39 is 6.10 Å². The number of aliphatic hydroxyl groups excluding tert-OH is 1. The first-order valence-electron chi connectivity index (χ1n) is 11.8. The summed E-state index contributed by atoms with van der Waals surface area (Å²) in [6, 6.07) is 1.64. The minimum Gasteiger partial charge on any atom is -0.389 e. The first kappa shape index (κ1) is 22.2. The predicted octanol–water partition coefficient (Wildman–Crippen LogP) is 2.24. The quantitative estimate of drug-likeness (QED) is 0.612. The highest BCUT2D eigenvalue weighted by Crippen LogP contribution is 2.59. The van der Waals surface area contributed by atoms with Crippen LogP contribution in [0, 0.1) is 17.3 Å². The number of thiazole rings is 1. The van der Waals surface area contributed by atoms with Gasteiger partial charge in [0, 0.05) is 56.9 Å². The van der Waals surface area contributed by atoms with Crippen molar-refractivity contribution in [2.24, 2.45) is 17.3 Å². The lowest BCUT2D eigenvalue weighted by atomic mass is 9.49. The predicted molar refractivity (Wildman–Crippen MR) is 126 cm³/mol. The van der Waals surface area contributed by atoms with Crippen LogP contribution < -0.4 is 5.56 Å². The monoisotopic (exact) mass is 458 g/mol. The Kier molecular flexibility index (Phi) is 6.24. The fourth-order valence-corrected chi connectivity index (χ4v) is 6.37. The molecule has 0 amide bonds. The third-order valence-electron chi connectivity index (χ3n) is 7.84. The molecule has 0 aromatic carbocycles. The smallest absolute Gasteiger partial charge is 0.258 e. The number of nitrogens with zero attached hydrogens (tertiary/aromatic N) is 4. The lowest BCUT2D eigenvalue weighted by Crippen LogP contribution is -2.49. The fraction of sp³-hybridized carbons (Fsp3) is 0.667. The van der Waals surface area contributed by atoms with Gasteiger partial charge in [0.05, 0.1) is 25.0 Å². The minimum absolute atomic E-state index is 0.0160. The molecule has 0 spiro atoms. The van der Waals surface area contributed by atoms with E-state index >= 15 is 0 Å². The normalized spacial score (nSPS) is 26.7. The Hall–Kier alpha value is -1.58. The Morgan fingerprint density at radius 2 is 2.06 bits per heavy atom. The second-order valence-electron chi connectivity index (χ2n) is 10.2. The van der Waals surface area contributed by atoms with Crippen LogP contribution in [0.1, 0.15) is 32.4 Å². The molecule has 3 atom stereocenters. The molecular formula is C24H34N4O3S. The Labute approximate surface area is 193 Å². The first-order chi connectivity index (χ1) is 15.4. The molecule has 1 aliphatic heterocycles. The molecule has 1 N–H and O–H groups in total. The average molecular weight is 459 g/mol. The highest BCUT2D eigenvalue weighted by atomic mass is 32.1. The summed E-state index contributed by atoms with van der Waals surface area (Å²) >= 11 is 1.48. The summed E-state index contributed by atoms with van der Waals surface area (Å²) in [6.07, 6.45) is 6.16. The molecule has 2 bridgehead atoms. The number of aliphatic hydroxyl groups is 1. The number of β-amino-alcohol motifs (C(OH)–C–C–N with tert-alkyl or cyclic N) is 1. The van der Waals surface area contributed by atoms with Gasteiger partial charge in [-0.15, -0.1) is 11.3 Å². The summed E-state index contributed by atoms with van der Waals surface area (Å²) in [7, 11) is 0. The topological polar surface area (TPSA) is 70.3 Å². The lowest BCUT2D eigenvalue weighted by Gasteiger charge is -2.56. The van der Waals surface area contributed by atoms with Crippen molar-refractivity contribution in [3.05, 3.63) is 45.3 Å². The summed E-state index contributed by atoms with van der Waals surface area (Å²) < 4.78 is 7.50. The van der Waals surface area contributed by atoms with Crippen LogP contribution in [0.4, 0.5) is 0 Å². The van der Waals surface area contributed by atoms with Crippen molar-refractivity contribution in [1.82, 2.24) is 19.2 Å². The van der Waals surface area contributed by atoms with Crippen LogP contribution in [0.5, 0.6) is 0 Å². The SMILES string of the molecule is CC1(C)C2CC=C(COCC(O)CN3CCN(Cc4cc(=O)n5ccsc5n4)CC3)C1C2. The maximum Gasteiger partial charge on any atom is 0.258 e. The molecule has 3 heterocycles. The molecule has 32 heavy (non-hydrogen) atoms. The van der Waals surface area contributed by atoms with Crippen molar-refractivity contribution >= 4 is 16.3 Å². The number of ether oxygens (including phenoxy) is 1. The van der Waals surface area contributed by atoms with Gasteiger partial charge in [-0.25, -0.2) is 4.98 Å². The van der Waals surface area contributed by atoms with Crippen molar-refractivity contribution in [3.8, 4) is 0 Å². The van der Waals surface area contributed by atoms with Gasteiger partial charge in [0.15, 0.2) is 4.96 Å². The van der Waals surface area contributed by atoms with Crippen molar-refractivity contribution in [1.29, 1.82) is 0 Å². The van der Waals surface area contributed by atoms with Crippen LogP contribution in [-0.4, -0.2) is 76.3 Å². The molecule has 2 aromatic rings. The zero-order valence-corrected chi connectivity index (χ0v) is 19.9. The molecular weight excluding hydrogens is 424 g/mol. The summed E-state index contributed by atoms with van der Waals surface area (Å²) in [5.41, 5.74) is 2.67. The summed E-state index contributed by atoms with van der Waals surface area (Å²) in [4.78, 5) is 22.2. The van der Waals surface area contributed by atoms with Gasteiger partial charge < -0.3 is 9.84 Å². The Balaban J connectivity index is 1.03. The first-order valence-corrected chi connectivity index (χ1v) is 12.6. The second kappa shape index (κ2) is 8.99. The van der Waals surface area contributed by atoms with Gasteiger partial charge in [-0.2, -0.15) is 0 Å². The summed E-state index contributed by atoms with van der Waals surface area (Å²) in [6.45, 7) is 10.8. The fourth-order valence-electron chi connectivity index (χ4n) is 5.63. The van der Waals surface area contributed by atoms with Gasteiger partial charge in [0.25, 0.3) is 5.56 Å². The van der Waals surface area contributed by atoms with Crippen molar-refractivity contribution in [3.63, 3.8) is 0 Å². The largest absolute Gasteiger partial charge is 0.389 e. The van der Waals surface area contributed by atoms with Crippen LogP contribution >= 0.6 is 11.3 Å². The van der Waals surface area contributed by atoms with E-state index in [1.54, 1.807) is 16.7 Å². The molecule has 6 rings (SSSR count). The van der Waals surface area contributed by atoms with Gasteiger partial charge in [0.1, 0.15) is 0 Å². The van der Waals surface area contributed by atoms with E-state index in [-0.39, 0.29) is 5.56 Å². The molecule has 4 aliphatic rings. The minimum atomic E-state index is -0.462. The Bertz CT molecular complexity index is 1040. The van der Waals surface area contributed by atoms with E-state index in [1.807, 2.05) is 5.38 Å². The molecule has 2 aromatic heterocycles. The van der Waals surface area contributed by atoms with E-state index in [4.69, 9.17) is 4.74 Å². The van der Waals surface area contributed by atoms with E-state index in [9.17, 15) is 9.90 Å². The Morgan fingerprint density at radius 1 is 1.28 bits per heavy atom. The van der Waals surface area contributed by atoms with Crippen molar-refractivity contribution < 1.29 is 9.84 Å². The molecule has 8 heteroatoms. The molecule has 1 saturated heterocycles. The molecule has 174 valence electrons. The standard InChI is InChI=1S/C24H34N4O3S/c1-24(2)18-4-3-17(21(24)11-18)15-31-16-20(29)14-27-7-5-26(6-8-27)13-19-12-22(30)28-9-10-32-23(28)25-19/h3,9-10,12,18,20-21,29H,4-8,11,13-16H2,1-2H3. The van der Waals surface area contributed by atoms with Crippen LogP contribution in [0.25, 0.3) is 4.96 Å². The highest BCUT2D eigenvalue weighted by Gasteiger charge is 2.50. The molecule has 2 fully saturated rings. The highest BCUT2D eigenvalue weighted by molar-refractivity contribution is 7.15. The van der Waals surface area contributed by atoms with Gasteiger partial charge in [0.2, 0.25) is 0 Å². The number of piperazine rings is 1. The van der Waals surface area contributed by atoms with Gasteiger partial charge >= 0.3 is 0 Å². The number of allylic oxidation sites excluding steroid dienone is 1. The molecule has 1 saturated carbocycles. The van der Waals surface area contributed by atoms with Crippen molar-refractivity contribution in [2.75, 3.05) is 45.9 Å². The maximum atomic E-state index is 12.2. The maximum absolute atomic E-state index is 12.2. The zero-order chi connectivity index (χ0) is 22.3. The number of rotatable bonds is 8. The number of aromatic nitrogens is 2. The van der Waals surface area contributed by atoms with Crippen LogP contribution in [0.3, 0.4) is 0 Å². The van der Waals surface area contributed by atoms with E-state index in [2.05, 4.69) is 34.7 Å². The number of hydrogen-bond donors (Lipinski definition) is 1. The summed E-state index contributed by atoms with van der Waals surface area (Å²) in [5.74, 6) is 1.51. The average Bonchev–Trinajstić information content (AvgIpc) is 3.24. The van der Waals surface area contributed by atoms with Crippen LogP contribution in [0.2, 0.25) is 0 Å².